The van der Waals surface area contributed by atoms with Crippen molar-refractivity contribution in [3.8, 4) is 29.4 Å². The van der Waals surface area contributed by atoms with Crippen LogP contribution in [0.5, 0.6) is 5.75 Å². The number of halogens is 2. The second-order valence-corrected chi connectivity index (χ2v) is 6.93. The summed E-state index contributed by atoms with van der Waals surface area (Å²) >= 11 is 0. The summed E-state index contributed by atoms with van der Waals surface area (Å²) in [5.74, 6) is 9.69. The zero-order valence-corrected chi connectivity index (χ0v) is 18.0. The minimum absolute atomic E-state index is 0.0871. The summed E-state index contributed by atoms with van der Waals surface area (Å²) < 4.78 is 32.1. The van der Waals surface area contributed by atoms with Crippen molar-refractivity contribution in [1.29, 1.82) is 0 Å². The summed E-state index contributed by atoms with van der Waals surface area (Å²) in [4.78, 5) is 24.4. The molecule has 0 aliphatic heterocycles. The number of nitrogens with two attached hydrogens (primary N) is 1. The SMILES string of the molecule is CCC(N)(C(F)F)C(NC(=O)c1ccc(C#CC#Cc2ccccc2OC)cc1)C(=O)NO. The van der Waals surface area contributed by atoms with Crippen LogP contribution in [-0.2, 0) is 4.79 Å². The average Bonchev–Trinajstić information content (AvgIpc) is 2.84. The number of alkyl halides is 2. The molecule has 7 nitrogen and oxygen atoms in total. The number of hydrogen-bond donors (Lipinski definition) is 4. The van der Waals surface area contributed by atoms with Gasteiger partial charge < -0.3 is 15.8 Å². The minimum atomic E-state index is -3.13. The fourth-order valence-corrected chi connectivity index (χ4v) is 2.86. The molecule has 2 aromatic rings. The highest BCUT2D eigenvalue weighted by Crippen LogP contribution is 2.22. The number of carbonyl (C=O) groups excluding carboxylic acids is 2. The molecule has 0 aliphatic carbocycles. The molecule has 0 aromatic heterocycles. The molecule has 0 saturated carbocycles. The van der Waals surface area contributed by atoms with Crippen LogP contribution in [0.2, 0.25) is 0 Å². The van der Waals surface area contributed by atoms with Gasteiger partial charge in [0.15, 0.2) is 0 Å². The average molecular weight is 455 g/mol. The van der Waals surface area contributed by atoms with Crippen LogP contribution in [0, 0.1) is 23.7 Å². The number of hydroxylamine groups is 1. The van der Waals surface area contributed by atoms with Crippen LogP contribution in [0.4, 0.5) is 8.78 Å². The Kier molecular flexibility index (Phi) is 8.93. The molecular formula is C24H23F2N3O4. The number of methoxy groups -OCH3 is 1. The lowest BCUT2D eigenvalue weighted by molar-refractivity contribution is -0.135. The van der Waals surface area contributed by atoms with Gasteiger partial charge in [0.25, 0.3) is 18.2 Å². The first kappa shape index (κ1) is 25.3. The highest BCUT2D eigenvalue weighted by Gasteiger charge is 2.47. The van der Waals surface area contributed by atoms with Gasteiger partial charge in [0.1, 0.15) is 17.3 Å². The molecule has 0 saturated heterocycles. The van der Waals surface area contributed by atoms with E-state index >= 15 is 0 Å². The van der Waals surface area contributed by atoms with Crippen molar-refractivity contribution in [2.75, 3.05) is 7.11 Å². The quantitative estimate of drug-likeness (QED) is 0.290. The molecular weight excluding hydrogens is 432 g/mol. The molecule has 2 atom stereocenters. The number of hydrogen-bond acceptors (Lipinski definition) is 5. The lowest BCUT2D eigenvalue weighted by Gasteiger charge is -2.34. The van der Waals surface area contributed by atoms with E-state index in [0.717, 1.165) is 0 Å². The Morgan fingerprint density at radius 1 is 1.12 bits per heavy atom. The summed E-state index contributed by atoms with van der Waals surface area (Å²) in [6, 6.07) is 11.3. The highest BCUT2D eigenvalue weighted by atomic mass is 19.3. The molecule has 0 fully saturated rings. The largest absolute Gasteiger partial charge is 0.495 e. The second kappa shape index (κ2) is 11.6. The van der Waals surface area contributed by atoms with E-state index in [1.807, 2.05) is 12.1 Å². The zero-order valence-electron chi connectivity index (χ0n) is 18.0. The predicted molar refractivity (Wildman–Crippen MR) is 118 cm³/mol. The van der Waals surface area contributed by atoms with Crippen molar-refractivity contribution in [1.82, 2.24) is 10.8 Å². The Labute approximate surface area is 190 Å². The van der Waals surface area contributed by atoms with Crippen LogP contribution in [0.25, 0.3) is 0 Å². The summed E-state index contributed by atoms with van der Waals surface area (Å²) in [7, 11) is 1.55. The van der Waals surface area contributed by atoms with E-state index in [9.17, 15) is 18.4 Å². The first-order valence-electron chi connectivity index (χ1n) is 9.83. The van der Waals surface area contributed by atoms with E-state index in [2.05, 4.69) is 29.0 Å². The monoisotopic (exact) mass is 455 g/mol. The molecule has 0 aliphatic rings. The van der Waals surface area contributed by atoms with E-state index in [1.165, 1.54) is 36.7 Å². The summed E-state index contributed by atoms with van der Waals surface area (Å²) in [5, 5.41) is 11.1. The van der Waals surface area contributed by atoms with Crippen molar-refractivity contribution in [3.05, 3.63) is 65.2 Å². The first-order chi connectivity index (χ1) is 15.8. The van der Waals surface area contributed by atoms with Gasteiger partial charge in [-0.1, -0.05) is 25.0 Å². The molecule has 0 spiro atoms. The molecule has 2 rings (SSSR count). The fraction of sp³-hybridized carbons (Fsp3) is 0.250. The molecule has 0 heterocycles. The van der Waals surface area contributed by atoms with E-state index in [0.29, 0.717) is 16.9 Å². The molecule has 2 aromatic carbocycles. The molecule has 0 radical (unpaired) electrons. The standard InChI is InChI=1S/C24H23F2N3O4/c1-3-24(27,23(25)26)20(22(31)29-32)28-21(30)18-14-12-16(13-15-18)8-4-5-9-17-10-6-7-11-19(17)33-2/h6-7,10-15,20,23,32H,3,27H2,1-2H3,(H,28,30)(H,29,31). The number of benzene rings is 2. The molecule has 0 bridgehead atoms. The van der Waals surface area contributed by atoms with E-state index in [-0.39, 0.29) is 12.0 Å². The number of carbonyl (C=O) groups is 2. The Bertz CT molecular complexity index is 1110. The normalized spacial score (nSPS) is 12.8. The maximum absolute atomic E-state index is 13.5. The van der Waals surface area contributed by atoms with Gasteiger partial charge >= 0.3 is 0 Å². The molecule has 2 unspecified atom stereocenters. The van der Waals surface area contributed by atoms with Crippen molar-refractivity contribution in [3.63, 3.8) is 0 Å². The first-order valence-corrected chi connectivity index (χ1v) is 9.83. The summed E-state index contributed by atoms with van der Waals surface area (Å²) in [6.45, 7) is 1.35. The van der Waals surface area contributed by atoms with Gasteiger partial charge in [-0.15, -0.1) is 0 Å². The molecule has 9 heteroatoms. The number of ether oxygens (including phenoxy) is 1. The van der Waals surface area contributed by atoms with E-state index < -0.39 is 29.8 Å². The maximum Gasteiger partial charge on any atom is 0.268 e. The van der Waals surface area contributed by atoms with Crippen LogP contribution in [0.15, 0.2) is 48.5 Å². The summed E-state index contributed by atoms with van der Waals surface area (Å²) in [6.07, 6.45) is -3.45. The van der Waals surface area contributed by atoms with E-state index in [1.54, 1.807) is 19.2 Å². The van der Waals surface area contributed by atoms with Gasteiger partial charge in [0, 0.05) is 11.1 Å². The number of nitrogens with one attached hydrogen (secondary N) is 2. The third kappa shape index (κ3) is 6.30. The Balaban J connectivity index is 2.15. The Morgan fingerprint density at radius 3 is 2.33 bits per heavy atom. The number of amides is 2. The summed E-state index contributed by atoms with van der Waals surface area (Å²) in [5.41, 5.74) is 5.90. The van der Waals surface area contributed by atoms with Gasteiger partial charge in [0.05, 0.1) is 12.7 Å². The second-order valence-electron chi connectivity index (χ2n) is 6.93. The minimum Gasteiger partial charge on any atom is -0.495 e. The van der Waals surface area contributed by atoms with Crippen LogP contribution in [0.1, 0.15) is 34.8 Å². The van der Waals surface area contributed by atoms with Crippen molar-refractivity contribution in [2.24, 2.45) is 5.73 Å². The number of rotatable bonds is 7. The zero-order chi connectivity index (χ0) is 24.4. The van der Waals surface area contributed by atoms with Gasteiger partial charge in [-0.2, -0.15) is 0 Å². The molecule has 5 N–H and O–H groups in total. The third-order valence-corrected chi connectivity index (χ3v) is 4.92. The number of para-hydroxylation sites is 1. The third-order valence-electron chi connectivity index (χ3n) is 4.92. The van der Waals surface area contributed by atoms with Crippen molar-refractivity contribution in [2.45, 2.75) is 31.4 Å². The maximum atomic E-state index is 13.5. The van der Waals surface area contributed by atoms with Gasteiger partial charge in [-0.25, -0.2) is 14.3 Å². The molecule has 33 heavy (non-hydrogen) atoms. The van der Waals surface area contributed by atoms with Gasteiger partial charge in [0.2, 0.25) is 0 Å². The lowest BCUT2D eigenvalue weighted by Crippen LogP contribution is -2.67. The fourth-order valence-electron chi connectivity index (χ4n) is 2.86. The Morgan fingerprint density at radius 2 is 1.76 bits per heavy atom. The smallest absolute Gasteiger partial charge is 0.268 e. The predicted octanol–water partition coefficient (Wildman–Crippen LogP) is 2.07. The topological polar surface area (TPSA) is 114 Å². The molecule has 2 amide bonds. The van der Waals surface area contributed by atoms with Crippen LogP contribution in [-0.4, -0.2) is 42.1 Å². The van der Waals surface area contributed by atoms with Gasteiger partial charge in [-0.3, -0.25) is 14.8 Å². The highest BCUT2D eigenvalue weighted by molar-refractivity contribution is 5.98. The van der Waals surface area contributed by atoms with Crippen molar-refractivity contribution >= 4 is 11.8 Å². The van der Waals surface area contributed by atoms with Crippen molar-refractivity contribution < 1.29 is 28.3 Å². The van der Waals surface area contributed by atoms with Crippen LogP contribution < -0.4 is 21.3 Å². The van der Waals surface area contributed by atoms with Crippen LogP contribution in [0.3, 0.4) is 0 Å². The van der Waals surface area contributed by atoms with E-state index in [4.69, 9.17) is 15.7 Å². The van der Waals surface area contributed by atoms with Gasteiger partial charge in [-0.05, 0) is 60.6 Å². The Hall–Kier alpha value is -3.92. The van der Waals surface area contributed by atoms with Crippen LogP contribution >= 0.6 is 0 Å². The lowest BCUT2D eigenvalue weighted by atomic mass is 9.87. The molecule has 172 valence electrons.